The summed E-state index contributed by atoms with van der Waals surface area (Å²) in [6, 6.07) is 0. The Hall–Kier alpha value is -0.000519. The normalized spacial score (nSPS) is 22.5. The SMILES string of the molecule is C[CH](C)[Mn+]([C]1=CC=CC1)[CH]1CC1.[H-]. The Morgan fingerprint density at radius 3 is 2.67 bits per heavy atom. The fourth-order valence-corrected chi connectivity index (χ4v) is 6.01. The van der Waals surface area contributed by atoms with Gasteiger partial charge in [-0.3, -0.25) is 0 Å². The van der Waals surface area contributed by atoms with E-state index in [-0.39, 0.29) is 15.3 Å². The minimum absolute atomic E-state index is 0. The number of allylic oxidation sites excluding steroid dienone is 4. The first-order chi connectivity index (χ1) is 5.79. The molecular weight excluding hydrogens is 187 g/mol. The Labute approximate surface area is 81.1 Å². The van der Waals surface area contributed by atoms with E-state index in [1.807, 2.05) is 0 Å². The van der Waals surface area contributed by atoms with Gasteiger partial charge in [0.05, 0.1) is 0 Å². The van der Waals surface area contributed by atoms with E-state index in [0.717, 1.165) is 9.63 Å². The smallest absolute Gasteiger partial charge is 1.00 e. The molecule has 1 saturated carbocycles. The third kappa shape index (κ3) is 1.67. The van der Waals surface area contributed by atoms with E-state index < -0.39 is 0 Å². The predicted molar refractivity (Wildman–Crippen MR) is 51.0 cm³/mol. The molecule has 0 radical (unpaired) electrons. The Balaban J connectivity index is 0.000000845. The average molecular weight is 205 g/mol. The van der Waals surface area contributed by atoms with Crippen molar-refractivity contribution in [3.8, 4) is 0 Å². The molecule has 69 valence electrons. The van der Waals surface area contributed by atoms with E-state index in [9.17, 15) is 0 Å². The zero-order valence-electron chi connectivity index (χ0n) is 8.89. The van der Waals surface area contributed by atoms with Gasteiger partial charge in [0.1, 0.15) is 0 Å². The van der Waals surface area contributed by atoms with Gasteiger partial charge in [0.15, 0.2) is 0 Å². The standard InChI is InChI=1S/C5H5.C3H5.C3H7.Mn.H/c1-2-4-5-3-1;1-2-3-1;1-3-2;;/h1-3H,4H2;1H,2-3H2;3H,1-2H3;;/q;;;+1;-1. The quantitative estimate of drug-likeness (QED) is 0.611. The molecule has 1 fully saturated rings. The van der Waals surface area contributed by atoms with Gasteiger partial charge in [0.25, 0.3) is 0 Å². The molecule has 0 heterocycles. The first-order valence-electron chi connectivity index (χ1n) is 4.81. The monoisotopic (exact) mass is 205 g/mol. The van der Waals surface area contributed by atoms with Crippen LogP contribution in [-0.2, 0) is 13.9 Å². The van der Waals surface area contributed by atoms with Crippen molar-refractivity contribution in [2.45, 2.75) is 42.7 Å². The molecule has 0 amide bonds. The molecule has 0 spiro atoms. The third-order valence-corrected chi connectivity index (χ3v) is 6.82. The van der Waals surface area contributed by atoms with Crippen molar-refractivity contribution >= 4 is 0 Å². The summed E-state index contributed by atoms with van der Waals surface area (Å²) in [4.78, 5) is 2.07. The van der Waals surface area contributed by atoms with Crippen LogP contribution >= 0.6 is 0 Å². The first-order valence-corrected chi connectivity index (χ1v) is 6.77. The Bertz CT molecular complexity index is 224. The second-order valence-electron chi connectivity index (χ2n) is 3.78. The molecule has 0 saturated heterocycles. The molecule has 0 atom stereocenters. The van der Waals surface area contributed by atoms with E-state index in [0.29, 0.717) is 0 Å². The Morgan fingerprint density at radius 2 is 2.25 bits per heavy atom. The van der Waals surface area contributed by atoms with Crippen LogP contribution in [0.15, 0.2) is 22.7 Å². The molecule has 0 aliphatic heterocycles. The van der Waals surface area contributed by atoms with E-state index >= 15 is 0 Å². The predicted octanol–water partition coefficient (Wildman–Crippen LogP) is 3.97. The molecule has 0 N–H and O–H groups in total. The maximum atomic E-state index is 2.41. The van der Waals surface area contributed by atoms with Crippen molar-refractivity contribution in [1.29, 1.82) is 0 Å². The van der Waals surface area contributed by atoms with Crippen LogP contribution in [-0.4, -0.2) is 0 Å². The summed E-state index contributed by atoms with van der Waals surface area (Å²) in [6.07, 6.45) is 11.2. The van der Waals surface area contributed by atoms with Gasteiger partial charge in [-0.15, -0.1) is 0 Å². The van der Waals surface area contributed by atoms with E-state index in [4.69, 9.17) is 0 Å². The molecule has 0 unspecified atom stereocenters. The molecule has 1 heteroatoms. The summed E-state index contributed by atoms with van der Waals surface area (Å²) in [7, 11) is 0. The molecule has 2 rings (SSSR count). The van der Waals surface area contributed by atoms with Crippen LogP contribution in [0, 0.1) is 0 Å². The van der Waals surface area contributed by atoms with E-state index in [1.54, 1.807) is 4.47 Å². The largest absolute Gasteiger partial charge is 1.00 e. The summed E-state index contributed by atoms with van der Waals surface area (Å²) in [6.45, 7) is 4.82. The number of hydrogen-bond donors (Lipinski definition) is 0. The summed E-state index contributed by atoms with van der Waals surface area (Å²) in [5.74, 6) is 0. The Kier molecular flexibility index (Phi) is 2.43. The second-order valence-corrected chi connectivity index (χ2v) is 7.94. The minimum Gasteiger partial charge on any atom is -1.00 e. The van der Waals surface area contributed by atoms with Gasteiger partial charge in [-0.05, 0) is 0 Å². The average Bonchev–Trinajstić information content (AvgIpc) is 2.65. The Morgan fingerprint density at radius 1 is 1.50 bits per heavy atom. The van der Waals surface area contributed by atoms with Crippen molar-refractivity contribution in [2.75, 3.05) is 0 Å². The molecule has 0 aromatic rings. The zero-order valence-corrected chi connectivity index (χ0v) is 9.07. The molecule has 0 nitrogen and oxygen atoms in total. The number of rotatable bonds is 3. The van der Waals surface area contributed by atoms with Crippen LogP contribution < -0.4 is 0 Å². The van der Waals surface area contributed by atoms with Crippen molar-refractivity contribution in [3.05, 3.63) is 22.7 Å². The molecule has 0 aromatic heterocycles. The number of hydrogen-bond acceptors (Lipinski definition) is 0. The van der Waals surface area contributed by atoms with Gasteiger partial charge < -0.3 is 1.43 Å². The summed E-state index contributed by atoms with van der Waals surface area (Å²) in [5, 5.41) is 0. The zero-order chi connectivity index (χ0) is 8.55. The molecule has 2 aliphatic carbocycles. The fraction of sp³-hybridized carbons (Fsp3) is 0.636. The van der Waals surface area contributed by atoms with Crippen LogP contribution in [0.5, 0.6) is 0 Å². The van der Waals surface area contributed by atoms with E-state index in [1.165, 1.54) is 19.3 Å². The van der Waals surface area contributed by atoms with Crippen molar-refractivity contribution in [3.63, 3.8) is 0 Å². The fourth-order valence-electron chi connectivity index (χ4n) is 1.72. The first kappa shape index (κ1) is 8.59. The van der Waals surface area contributed by atoms with Crippen LogP contribution in [0.2, 0.25) is 9.63 Å². The van der Waals surface area contributed by atoms with Gasteiger partial charge in [-0.25, -0.2) is 0 Å². The van der Waals surface area contributed by atoms with Crippen molar-refractivity contribution in [2.24, 2.45) is 0 Å². The van der Waals surface area contributed by atoms with Crippen LogP contribution in [0.1, 0.15) is 34.5 Å². The van der Waals surface area contributed by atoms with Gasteiger partial charge in [-0.2, -0.15) is 0 Å². The topological polar surface area (TPSA) is 0 Å². The van der Waals surface area contributed by atoms with Gasteiger partial charge >= 0.3 is 79.3 Å². The van der Waals surface area contributed by atoms with Crippen LogP contribution in [0.3, 0.4) is 0 Å². The van der Waals surface area contributed by atoms with Crippen molar-refractivity contribution < 1.29 is 15.3 Å². The maximum Gasteiger partial charge on any atom is -1.00 e. The second kappa shape index (κ2) is 3.39. The van der Waals surface area contributed by atoms with Gasteiger partial charge in [-0.1, -0.05) is 0 Å². The summed E-state index contributed by atoms with van der Waals surface area (Å²) >= 11 is -0.170. The molecule has 2 aliphatic rings. The van der Waals surface area contributed by atoms with Crippen LogP contribution in [0.25, 0.3) is 0 Å². The summed E-state index contributed by atoms with van der Waals surface area (Å²) < 4.78 is 1.79. The molecular formula is C11H18Mn. The molecule has 12 heavy (non-hydrogen) atoms. The van der Waals surface area contributed by atoms with Crippen LogP contribution in [0.4, 0.5) is 0 Å². The third-order valence-electron chi connectivity index (χ3n) is 2.32. The molecule has 0 aromatic carbocycles. The van der Waals surface area contributed by atoms with E-state index in [2.05, 4.69) is 32.1 Å². The van der Waals surface area contributed by atoms with Crippen molar-refractivity contribution in [1.82, 2.24) is 0 Å². The minimum atomic E-state index is -0.170. The molecule has 0 bridgehead atoms. The maximum absolute atomic E-state index is 2.41. The van der Waals surface area contributed by atoms with Gasteiger partial charge in [0.2, 0.25) is 0 Å². The van der Waals surface area contributed by atoms with Gasteiger partial charge in [0, 0.05) is 0 Å². The summed E-state index contributed by atoms with van der Waals surface area (Å²) in [5.41, 5.74) is 0.